The molecule has 7 nitrogen and oxygen atoms in total. The van der Waals surface area contributed by atoms with Gasteiger partial charge in [0, 0.05) is 18.3 Å². The van der Waals surface area contributed by atoms with Crippen LogP contribution in [0.3, 0.4) is 0 Å². The smallest absolute Gasteiger partial charge is 0.274 e. The molecule has 0 aliphatic carbocycles. The summed E-state index contributed by atoms with van der Waals surface area (Å²) in [5.41, 5.74) is 1.03. The van der Waals surface area contributed by atoms with Gasteiger partial charge in [0.05, 0.1) is 17.5 Å². The molecule has 0 radical (unpaired) electrons. The number of rotatable bonds is 8. The van der Waals surface area contributed by atoms with Gasteiger partial charge in [-0.25, -0.2) is 18.2 Å². The molecule has 4 aromatic rings. The summed E-state index contributed by atoms with van der Waals surface area (Å²) in [6.07, 6.45) is 4.22. The first-order valence-electron chi connectivity index (χ1n) is 11.5. The summed E-state index contributed by atoms with van der Waals surface area (Å²) in [5.74, 6) is -3.99. The highest BCUT2D eigenvalue weighted by atomic mass is 19.2. The van der Waals surface area contributed by atoms with Crippen molar-refractivity contribution in [2.45, 2.75) is 38.8 Å². The van der Waals surface area contributed by atoms with Gasteiger partial charge in [0.25, 0.3) is 11.8 Å². The number of imidazole rings is 1. The monoisotopic (exact) mass is 510 g/mol. The number of anilines is 1. The molecule has 2 aromatic carbocycles. The fourth-order valence-electron chi connectivity index (χ4n) is 3.68. The summed E-state index contributed by atoms with van der Waals surface area (Å²) in [6.45, 7) is 3.39. The van der Waals surface area contributed by atoms with Crippen molar-refractivity contribution in [3.63, 3.8) is 0 Å². The predicted octanol–water partition coefficient (Wildman–Crippen LogP) is 4.64. The van der Waals surface area contributed by atoms with Crippen LogP contribution in [0.1, 0.15) is 52.2 Å². The quantitative estimate of drug-likeness (QED) is 0.322. The van der Waals surface area contributed by atoms with Gasteiger partial charge in [0.1, 0.15) is 17.2 Å². The lowest BCUT2D eigenvalue weighted by molar-refractivity contribution is 0.0713. The Balaban J connectivity index is 1.46. The van der Waals surface area contributed by atoms with Crippen molar-refractivity contribution in [3.05, 3.63) is 101 Å². The number of amides is 2. The summed E-state index contributed by atoms with van der Waals surface area (Å²) in [7, 11) is 0. The second kappa shape index (κ2) is 10.4. The number of carbonyl (C=O) groups excluding carboxylic acids is 2. The van der Waals surface area contributed by atoms with E-state index in [2.05, 4.69) is 15.6 Å². The standard InChI is InChI=1S/C27H25F3N4O3/c1-27(2,37)9-7-16-8-10-34-23(15-31-24(34)12-16)26(36)33-22-13-18(4-6-20(22)29)25(35)32-14-17-3-5-19(28)21(30)11-17/h3-6,8,10-13,15,37H,7,9,14H2,1-2H3,(H,32,35)(H,33,36). The van der Waals surface area contributed by atoms with Crippen LogP contribution in [0.25, 0.3) is 5.65 Å². The van der Waals surface area contributed by atoms with Gasteiger partial charge in [-0.1, -0.05) is 6.07 Å². The number of hydrogen-bond acceptors (Lipinski definition) is 4. The minimum Gasteiger partial charge on any atom is -0.390 e. The van der Waals surface area contributed by atoms with E-state index in [-0.39, 0.29) is 23.5 Å². The fourth-order valence-corrected chi connectivity index (χ4v) is 3.68. The highest BCUT2D eigenvalue weighted by molar-refractivity contribution is 6.04. The van der Waals surface area contributed by atoms with E-state index < -0.39 is 34.9 Å². The zero-order valence-corrected chi connectivity index (χ0v) is 20.2. The molecule has 0 aliphatic rings. The summed E-state index contributed by atoms with van der Waals surface area (Å²) < 4.78 is 42.5. The SMILES string of the molecule is CC(C)(O)CCc1ccn2c(C(=O)Nc3cc(C(=O)NCc4ccc(F)c(F)c4)ccc3F)cnc2c1. The van der Waals surface area contributed by atoms with E-state index in [1.165, 1.54) is 24.4 Å². The highest BCUT2D eigenvalue weighted by Crippen LogP contribution is 2.20. The Labute approximate surface area is 211 Å². The minimum absolute atomic E-state index is 0.0638. The highest BCUT2D eigenvalue weighted by Gasteiger charge is 2.17. The molecule has 2 aromatic heterocycles. The number of aromatic nitrogens is 2. The number of benzene rings is 2. The van der Waals surface area contributed by atoms with Gasteiger partial charge >= 0.3 is 0 Å². The lowest BCUT2D eigenvalue weighted by atomic mass is 9.99. The van der Waals surface area contributed by atoms with Crippen molar-refractivity contribution in [3.8, 4) is 0 Å². The third-order valence-corrected chi connectivity index (χ3v) is 5.75. The average molecular weight is 511 g/mol. The van der Waals surface area contributed by atoms with Crippen LogP contribution < -0.4 is 10.6 Å². The molecule has 3 N–H and O–H groups in total. The molecule has 0 spiro atoms. The molecule has 192 valence electrons. The number of nitrogens with zero attached hydrogens (tertiary/aromatic N) is 2. The molecule has 4 rings (SSSR count). The fraction of sp³-hybridized carbons (Fsp3) is 0.222. The summed E-state index contributed by atoms with van der Waals surface area (Å²) in [4.78, 5) is 29.7. The third kappa shape index (κ3) is 6.34. The third-order valence-electron chi connectivity index (χ3n) is 5.75. The van der Waals surface area contributed by atoms with E-state index in [1.807, 2.05) is 6.07 Å². The number of aryl methyl sites for hydroxylation is 1. The van der Waals surface area contributed by atoms with Crippen LogP contribution in [0, 0.1) is 17.5 Å². The van der Waals surface area contributed by atoms with Gasteiger partial charge in [-0.2, -0.15) is 0 Å². The average Bonchev–Trinajstić information content (AvgIpc) is 3.27. The maximum Gasteiger partial charge on any atom is 0.274 e. The number of pyridine rings is 1. The van der Waals surface area contributed by atoms with Crippen molar-refractivity contribution in [1.82, 2.24) is 14.7 Å². The number of nitrogens with one attached hydrogen (secondary N) is 2. The van der Waals surface area contributed by atoms with Gasteiger partial charge in [-0.3, -0.25) is 14.0 Å². The van der Waals surface area contributed by atoms with E-state index >= 15 is 0 Å². The first kappa shape index (κ1) is 25.9. The summed E-state index contributed by atoms with van der Waals surface area (Å²) in [5, 5.41) is 14.9. The second-order valence-electron chi connectivity index (χ2n) is 9.30. The normalized spacial score (nSPS) is 11.5. The Morgan fingerprint density at radius 2 is 1.70 bits per heavy atom. The van der Waals surface area contributed by atoms with Crippen LogP contribution in [0.4, 0.5) is 18.9 Å². The molecule has 2 heterocycles. The van der Waals surface area contributed by atoms with Crippen LogP contribution in [0.2, 0.25) is 0 Å². The zero-order valence-electron chi connectivity index (χ0n) is 20.2. The summed E-state index contributed by atoms with van der Waals surface area (Å²) in [6, 6.07) is 10.4. The van der Waals surface area contributed by atoms with Crippen molar-refractivity contribution in [2.24, 2.45) is 0 Å². The topological polar surface area (TPSA) is 95.7 Å². The largest absolute Gasteiger partial charge is 0.390 e. The first-order chi connectivity index (χ1) is 17.5. The Kier molecular flexibility index (Phi) is 7.30. The Morgan fingerprint density at radius 3 is 2.43 bits per heavy atom. The number of carbonyl (C=O) groups is 2. The van der Waals surface area contributed by atoms with Gasteiger partial charge in [0.2, 0.25) is 0 Å². The minimum atomic E-state index is -1.03. The maximum atomic E-state index is 14.4. The first-order valence-corrected chi connectivity index (χ1v) is 11.5. The molecule has 0 unspecified atom stereocenters. The van der Waals surface area contributed by atoms with Crippen LogP contribution in [0.15, 0.2) is 60.9 Å². The number of halogens is 3. The summed E-state index contributed by atoms with van der Waals surface area (Å²) >= 11 is 0. The molecule has 0 atom stereocenters. The Hall–Kier alpha value is -4.18. The molecule has 2 amide bonds. The van der Waals surface area contributed by atoms with Crippen LogP contribution in [-0.2, 0) is 13.0 Å². The molecule has 10 heteroatoms. The lowest BCUT2D eigenvalue weighted by Crippen LogP contribution is -2.23. The Morgan fingerprint density at radius 1 is 0.946 bits per heavy atom. The second-order valence-corrected chi connectivity index (χ2v) is 9.30. The van der Waals surface area contributed by atoms with Crippen molar-refractivity contribution >= 4 is 23.1 Å². The molecular formula is C27H25F3N4O3. The van der Waals surface area contributed by atoms with E-state index in [1.54, 1.807) is 30.5 Å². The van der Waals surface area contributed by atoms with Crippen molar-refractivity contribution in [1.29, 1.82) is 0 Å². The van der Waals surface area contributed by atoms with E-state index in [0.29, 0.717) is 24.1 Å². The molecule has 0 aliphatic heterocycles. The van der Waals surface area contributed by atoms with E-state index in [9.17, 15) is 27.9 Å². The Bertz CT molecular complexity index is 1480. The van der Waals surface area contributed by atoms with Crippen molar-refractivity contribution in [2.75, 3.05) is 5.32 Å². The van der Waals surface area contributed by atoms with Crippen LogP contribution in [-0.4, -0.2) is 31.9 Å². The van der Waals surface area contributed by atoms with Crippen LogP contribution >= 0.6 is 0 Å². The van der Waals surface area contributed by atoms with Gasteiger partial charge < -0.3 is 15.7 Å². The van der Waals surface area contributed by atoms with E-state index in [0.717, 1.165) is 23.8 Å². The van der Waals surface area contributed by atoms with Gasteiger partial charge in [-0.15, -0.1) is 0 Å². The molecule has 0 saturated heterocycles. The van der Waals surface area contributed by atoms with Gasteiger partial charge in [0.15, 0.2) is 11.6 Å². The number of fused-ring (bicyclic) bond motifs is 1. The van der Waals surface area contributed by atoms with Gasteiger partial charge in [-0.05, 0) is 80.3 Å². The lowest BCUT2D eigenvalue weighted by Gasteiger charge is -2.16. The number of hydrogen-bond donors (Lipinski definition) is 3. The molecule has 0 saturated carbocycles. The molecule has 0 bridgehead atoms. The molecule has 0 fully saturated rings. The number of aliphatic hydroxyl groups is 1. The van der Waals surface area contributed by atoms with E-state index in [4.69, 9.17) is 0 Å². The zero-order chi connectivity index (χ0) is 26.7. The maximum absolute atomic E-state index is 14.4. The van der Waals surface area contributed by atoms with Crippen molar-refractivity contribution < 1.29 is 27.9 Å². The van der Waals surface area contributed by atoms with Crippen LogP contribution in [0.5, 0.6) is 0 Å². The molecule has 37 heavy (non-hydrogen) atoms. The predicted molar refractivity (Wildman–Crippen MR) is 132 cm³/mol. The molecular weight excluding hydrogens is 485 g/mol.